The number of benzene rings is 2. The van der Waals surface area contributed by atoms with Gasteiger partial charge in [-0.2, -0.15) is 13.9 Å². The highest BCUT2D eigenvalue weighted by atomic mass is 32.2. The fourth-order valence-corrected chi connectivity index (χ4v) is 4.39. The minimum Gasteiger partial charge on any atom is -0.303 e. The Morgan fingerprint density at radius 3 is 2.83 bits per heavy atom. The van der Waals surface area contributed by atoms with Crippen LogP contribution in [-0.2, 0) is 11.2 Å². The van der Waals surface area contributed by atoms with Gasteiger partial charge in [0.2, 0.25) is 5.91 Å². The average molecular weight is 443 g/mol. The van der Waals surface area contributed by atoms with Crippen LogP contribution >= 0.6 is 23.5 Å². The second-order valence-corrected chi connectivity index (χ2v) is 8.68. The minimum atomic E-state index is -2.45. The molecule has 152 valence electrons. The number of nitrogens with zero attached hydrogens (tertiary/aromatic N) is 3. The smallest absolute Gasteiger partial charge is 0.288 e. The van der Waals surface area contributed by atoms with Crippen molar-refractivity contribution in [2.75, 3.05) is 0 Å². The summed E-state index contributed by atoms with van der Waals surface area (Å²) in [6.45, 7) is 0. The van der Waals surface area contributed by atoms with Gasteiger partial charge in [0.25, 0.3) is 5.76 Å². The lowest BCUT2D eigenvalue weighted by Gasteiger charge is -2.06. The van der Waals surface area contributed by atoms with Gasteiger partial charge in [0, 0.05) is 16.5 Å². The zero-order valence-electron chi connectivity index (χ0n) is 15.5. The van der Waals surface area contributed by atoms with Gasteiger partial charge in [-0.25, -0.2) is 0 Å². The third kappa shape index (κ3) is 5.22. The lowest BCUT2D eigenvalue weighted by atomic mass is 10.1. The highest BCUT2D eigenvalue weighted by Gasteiger charge is 2.30. The molecule has 1 atom stereocenters. The highest BCUT2D eigenvalue weighted by molar-refractivity contribution is 8.15. The summed E-state index contributed by atoms with van der Waals surface area (Å²) in [6, 6.07) is 16.4. The number of aromatic nitrogens is 1. The number of hydrogen-bond acceptors (Lipinski definition) is 6. The first-order valence-corrected chi connectivity index (χ1v) is 10.8. The molecule has 0 radical (unpaired) electrons. The lowest BCUT2D eigenvalue weighted by Crippen LogP contribution is -2.25. The quantitative estimate of drug-likeness (QED) is 0.341. The number of hydrogen-bond donors (Lipinski definition) is 1. The molecule has 0 aliphatic carbocycles. The summed E-state index contributed by atoms with van der Waals surface area (Å²) < 4.78 is 24.8. The van der Waals surface area contributed by atoms with Gasteiger partial charge in [-0.3, -0.25) is 9.78 Å². The van der Waals surface area contributed by atoms with Crippen LogP contribution < -0.4 is 5.32 Å². The predicted molar refractivity (Wildman–Crippen MR) is 118 cm³/mol. The SMILES string of the molecule is O=C1N/C(=N\N=C/c2ccc3ncccc3c2)S[C@H]1Cc1ccc(SC(F)F)cc1. The number of fused-ring (bicyclic) bond motifs is 1. The summed E-state index contributed by atoms with van der Waals surface area (Å²) in [4.78, 5) is 17.0. The number of thioether (sulfide) groups is 2. The third-order valence-electron chi connectivity index (χ3n) is 4.33. The van der Waals surface area contributed by atoms with Gasteiger partial charge in [0.15, 0.2) is 5.17 Å². The summed E-state index contributed by atoms with van der Waals surface area (Å²) in [6.07, 6.45) is 3.85. The molecule has 1 aliphatic heterocycles. The Morgan fingerprint density at radius 1 is 1.20 bits per heavy atom. The van der Waals surface area contributed by atoms with Gasteiger partial charge >= 0.3 is 0 Å². The standard InChI is InChI=1S/C21H16F2N4OS2/c22-20(23)29-16-6-3-13(4-7-16)11-18-19(28)26-21(30-18)27-25-12-14-5-8-17-15(10-14)2-1-9-24-17/h1-10,12,18,20H,11H2,(H,26,27,28)/b25-12-/t18-/m0/s1. The Bertz CT molecular complexity index is 1120. The molecule has 1 fully saturated rings. The molecule has 2 heterocycles. The zero-order chi connectivity index (χ0) is 20.9. The largest absolute Gasteiger partial charge is 0.303 e. The Hall–Kier alpha value is -2.78. The van der Waals surface area contributed by atoms with Gasteiger partial charge in [-0.1, -0.05) is 47.8 Å². The molecule has 4 rings (SSSR count). The summed E-state index contributed by atoms with van der Waals surface area (Å²) in [5.74, 6) is -2.59. The molecular weight excluding hydrogens is 426 g/mol. The third-order valence-corrected chi connectivity index (χ3v) is 6.12. The number of carbonyl (C=O) groups excluding carboxylic acids is 1. The number of pyridine rings is 1. The Balaban J connectivity index is 1.37. The maximum atomic E-state index is 12.4. The first-order valence-electron chi connectivity index (χ1n) is 9.04. The van der Waals surface area contributed by atoms with E-state index in [4.69, 9.17) is 0 Å². The molecular formula is C21H16F2N4OS2. The fourth-order valence-electron chi connectivity index (χ4n) is 2.93. The maximum absolute atomic E-state index is 12.4. The van der Waals surface area contributed by atoms with Crippen LogP contribution in [-0.4, -0.2) is 33.3 Å². The summed E-state index contributed by atoms with van der Waals surface area (Å²) in [5, 5.41) is 12.0. The lowest BCUT2D eigenvalue weighted by molar-refractivity contribution is -0.118. The molecule has 1 N–H and O–H groups in total. The number of carbonyl (C=O) groups is 1. The summed E-state index contributed by atoms with van der Waals surface area (Å²) >= 11 is 1.81. The van der Waals surface area contributed by atoms with Gasteiger partial charge in [-0.05, 0) is 47.9 Å². The van der Waals surface area contributed by atoms with E-state index in [9.17, 15) is 13.6 Å². The molecule has 30 heavy (non-hydrogen) atoms. The van der Waals surface area contributed by atoms with Crippen molar-refractivity contribution in [3.63, 3.8) is 0 Å². The normalized spacial score (nSPS) is 18.0. The molecule has 2 aromatic carbocycles. The van der Waals surface area contributed by atoms with Crippen molar-refractivity contribution in [1.29, 1.82) is 0 Å². The first-order chi connectivity index (χ1) is 14.6. The fraction of sp³-hybridized carbons (Fsp3) is 0.143. The van der Waals surface area contributed by atoms with Crippen LogP contribution in [0.2, 0.25) is 0 Å². The molecule has 1 aliphatic rings. The van der Waals surface area contributed by atoms with Gasteiger partial charge in [0.1, 0.15) is 0 Å². The molecule has 0 saturated carbocycles. The van der Waals surface area contributed by atoms with E-state index < -0.39 is 5.76 Å². The molecule has 0 unspecified atom stereocenters. The van der Waals surface area contributed by atoms with Crippen LogP contribution in [0.1, 0.15) is 11.1 Å². The van der Waals surface area contributed by atoms with Crippen molar-refractivity contribution >= 4 is 51.7 Å². The molecule has 0 bridgehead atoms. The van der Waals surface area contributed by atoms with Crippen molar-refractivity contribution < 1.29 is 13.6 Å². The van der Waals surface area contributed by atoms with Crippen LogP contribution in [0.3, 0.4) is 0 Å². The van der Waals surface area contributed by atoms with Gasteiger partial charge in [-0.15, -0.1) is 5.10 Å². The van der Waals surface area contributed by atoms with Crippen LogP contribution in [0, 0.1) is 0 Å². The van der Waals surface area contributed by atoms with Crippen molar-refractivity contribution in [1.82, 2.24) is 10.3 Å². The second-order valence-electron chi connectivity index (χ2n) is 6.43. The number of rotatable bonds is 6. The van der Waals surface area contributed by atoms with Crippen molar-refractivity contribution in [3.05, 3.63) is 71.9 Å². The van der Waals surface area contributed by atoms with Crippen LogP contribution in [0.15, 0.2) is 75.9 Å². The predicted octanol–water partition coefficient (Wildman–Crippen LogP) is 4.71. The number of nitrogens with one attached hydrogen (secondary N) is 1. The first kappa shape index (κ1) is 20.5. The number of halogens is 2. The zero-order valence-corrected chi connectivity index (χ0v) is 17.2. The van der Waals surface area contributed by atoms with Crippen molar-refractivity contribution in [2.45, 2.75) is 22.3 Å². The molecule has 3 aromatic rings. The second kappa shape index (κ2) is 9.36. The van der Waals surface area contributed by atoms with E-state index in [1.165, 1.54) is 11.8 Å². The van der Waals surface area contributed by atoms with E-state index in [1.807, 2.05) is 30.3 Å². The number of alkyl halides is 2. The van der Waals surface area contributed by atoms with E-state index in [0.717, 1.165) is 22.0 Å². The average Bonchev–Trinajstić information content (AvgIpc) is 3.08. The number of amidine groups is 1. The molecule has 1 aromatic heterocycles. The van der Waals surface area contributed by atoms with Crippen LogP contribution in [0.25, 0.3) is 10.9 Å². The van der Waals surface area contributed by atoms with E-state index >= 15 is 0 Å². The van der Waals surface area contributed by atoms with E-state index in [1.54, 1.807) is 36.7 Å². The summed E-state index contributed by atoms with van der Waals surface area (Å²) in [7, 11) is 0. The van der Waals surface area contributed by atoms with Crippen molar-refractivity contribution in [3.8, 4) is 0 Å². The summed E-state index contributed by atoms with van der Waals surface area (Å²) in [5.41, 5.74) is 2.69. The molecule has 1 saturated heterocycles. The Labute approximate surface area is 180 Å². The molecule has 5 nitrogen and oxygen atoms in total. The van der Waals surface area contributed by atoms with E-state index in [-0.39, 0.29) is 11.2 Å². The minimum absolute atomic E-state index is 0.142. The van der Waals surface area contributed by atoms with Gasteiger partial charge in [0.05, 0.1) is 17.0 Å². The molecule has 0 spiro atoms. The topological polar surface area (TPSA) is 66.7 Å². The van der Waals surface area contributed by atoms with Crippen molar-refractivity contribution in [2.24, 2.45) is 10.2 Å². The van der Waals surface area contributed by atoms with Crippen LogP contribution in [0.4, 0.5) is 8.78 Å². The van der Waals surface area contributed by atoms with E-state index in [2.05, 4.69) is 20.5 Å². The van der Waals surface area contributed by atoms with Gasteiger partial charge < -0.3 is 5.32 Å². The Morgan fingerprint density at radius 2 is 2.03 bits per heavy atom. The Kier molecular flexibility index (Phi) is 6.39. The monoisotopic (exact) mass is 442 g/mol. The molecule has 1 amide bonds. The van der Waals surface area contributed by atoms with Crippen LogP contribution in [0.5, 0.6) is 0 Å². The highest BCUT2D eigenvalue weighted by Crippen LogP contribution is 2.27. The number of amides is 1. The van der Waals surface area contributed by atoms with E-state index in [0.29, 0.717) is 28.2 Å². The molecule has 9 heteroatoms. The maximum Gasteiger partial charge on any atom is 0.288 e.